The fraction of sp³-hybridized carbons (Fsp3) is 0.583. The van der Waals surface area contributed by atoms with E-state index in [4.69, 9.17) is 0 Å². The molecule has 0 saturated carbocycles. The van der Waals surface area contributed by atoms with E-state index < -0.39 is 10.0 Å². The van der Waals surface area contributed by atoms with Crippen LogP contribution >= 0.6 is 11.3 Å². The van der Waals surface area contributed by atoms with Gasteiger partial charge in [-0.25, -0.2) is 18.1 Å². The smallest absolute Gasteiger partial charge is 0.260 e. The highest BCUT2D eigenvalue weighted by molar-refractivity contribution is 7.89. The molecule has 3 heterocycles. The minimum absolute atomic E-state index is 0.0138. The Morgan fingerprint density at radius 3 is 2.76 bits per heavy atom. The van der Waals surface area contributed by atoms with Crippen molar-refractivity contribution in [3.8, 4) is 0 Å². The molecule has 0 atom stereocenters. The average molecular weight is 329 g/mol. The van der Waals surface area contributed by atoms with Crippen LogP contribution in [-0.2, 0) is 10.0 Å². The first-order valence-electron chi connectivity index (χ1n) is 6.85. The summed E-state index contributed by atoms with van der Waals surface area (Å²) in [6.07, 6.45) is 3.39. The number of likely N-dealkylation sites (tertiary alicyclic amines) is 1. The quantitative estimate of drug-likeness (QED) is 0.868. The normalized spacial score (nSPS) is 18.4. The Morgan fingerprint density at radius 2 is 2.10 bits per heavy atom. The number of thiazole rings is 1. The summed E-state index contributed by atoms with van der Waals surface area (Å²) in [6, 6.07) is -0.0138. The minimum atomic E-state index is -3.60. The van der Waals surface area contributed by atoms with Crippen molar-refractivity contribution in [1.82, 2.24) is 19.0 Å². The van der Waals surface area contributed by atoms with E-state index in [0.29, 0.717) is 10.8 Å². The molecule has 0 bridgehead atoms. The van der Waals surface area contributed by atoms with Crippen molar-refractivity contribution in [2.45, 2.75) is 23.9 Å². The molecule has 0 amide bonds. The van der Waals surface area contributed by atoms with Gasteiger partial charge in [0.1, 0.15) is 0 Å². The van der Waals surface area contributed by atoms with E-state index in [9.17, 15) is 8.42 Å². The first-order chi connectivity index (χ1) is 10.0. The van der Waals surface area contributed by atoms with Gasteiger partial charge in [-0.3, -0.25) is 4.40 Å². The van der Waals surface area contributed by atoms with E-state index in [-0.39, 0.29) is 11.1 Å². The molecule has 2 aromatic rings. The fourth-order valence-electron chi connectivity index (χ4n) is 2.59. The van der Waals surface area contributed by atoms with Crippen molar-refractivity contribution in [3.05, 3.63) is 11.6 Å². The summed E-state index contributed by atoms with van der Waals surface area (Å²) in [5.41, 5.74) is 0. The molecule has 1 aliphatic heterocycles. The molecule has 9 heteroatoms. The lowest BCUT2D eigenvalue weighted by Gasteiger charge is -2.29. The molecule has 116 valence electrons. The van der Waals surface area contributed by atoms with Gasteiger partial charge in [-0.15, -0.1) is 11.3 Å². The molecule has 2 N–H and O–H groups in total. The Kier molecular flexibility index (Phi) is 3.91. The average Bonchev–Trinajstić information content (AvgIpc) is 3.00. The molecule has 7 nitrogen and oxygen atoms in total. The number of piperidine rings is 1. The van der Waals surface area contributed by atoms with E-state index >= 15 is 0 Å². The van der Waals surface area contributed by atoms with Crippen molar-refractivity contribution >= 4 is 32.1 Å². The number of nitrogens with one attached hydrogen (secondary N) is 2. The second-order valence-electron chi connectivity index (χ2n) is 5.27. The second-order valence-corrected chi connectivity index (χ2v) is 7.77. The molecule has 0 radical (unpaired) electrons. The maximum Gasteiger partial charge on any atom is 0.260 e. The first-order valence-corrected chi connectivity index (χ1v) is 9.22. The van der Waals surface area contributed by atoms with Crippen molar-refractivity contribution in [3.63, 3.8) is 0 Å². The zero-order chi connectivity index (χ0) is 15.0. The van der Waals surface area contributed by atoms with Gasteiger partial charge in [0, 0.05) is 24.7 Å². The lowest BCUT2D eigenvalue weighted by molar-refractivity contribution is 0.248. The lowest BCUT2D eigenvalue weighted by Crippen LogP contribution is -2.43. The van der Waals surface area contributed by atoms with Gasteiger partial charge in [0.2, 0.25) is 0 Å². The van der Waals surface area contributed by atoms with Crippen molar-refractivity contribution in [2.75, 3.05) is 32.5 Å². The maximum absolute atomic E-state index is 12.7. The highest BCUT2D eigenvalue weighted by Crippen LogP contribution is 2.26. The summed E-state index contributed by atoms with van der Waals surface area (Å²) in [5, 5.41) is 4.89. The number of aromatic nitrogens is 2. The third kappa shape index (κ3) is 2.78. The summed E-state index contributed by atoms with van der Waals surface area (Å²) in [4.78, 5) is 7.18. The van der Waals surface area contributed by atoms with E-state index in [0.717, 1.165) is 25.9 Å². The van der Waals surface area contributed by atoms with E-state index in [2.05, 4.69) is 27.0 Å². The summed E-state index contributed by atoms with van der Waals surface area (Å²) in [5.74, 6) is 0.391. The molecule has 0 aliphatic carbocycles. The number of hydrogen-bond donors (Lipinski definition) is 2. The second kappa shape index (κ2) is 5.56. The number of hydrogen-bond acceptors (Lipinski definition) is 6. The van der Waals surface area contributed by atoms with Gasteiger partial charge < -0.3 is 10.2 Å². The van der Waals surface area contributed by atoms with Gasteiger partial charge in [-0.2, -0.15) is 0 Å². The highest BCUT2D eigenvalue weighted by Gasteiger charge is 2.29. The zero-order valence-corrected chi connectivity index (χ0v) is 13.7. The summed E-state index contributed by atoms with van der Waals surface area (Å²) >= 11 is 1.41. The van der Waals surface area contributed by atoms with E-state index in [1.165, 1.54) is 11.3 Å². The molecular formula is C12H19N5O2S2. The topological polar surface area (TPSA) is 78.7 Å². The van der Waals surface area contributed by atoms with Gasteiger partial charge in [-0.05, 0) is 33.0 Å². The lowest BCUT2D eigenvalue weighted by atomic mass is 10.1. The number of fused-ring (bicyclic) bond motifs is 1. The molecule has 2 aromatic heterocycles. The molecule has 0 spiro atoms. The summed E-state index contributed by atoms with van der Waals surface area (Å²) in [7, 11) is 0.136. The minimum Gasteiger partial charge on any atom is -0.371 e. The van der Waals surface area contributed by atoms with Crippen LogP contribution in [0.4, 0.5) is 5.82 Å². The highest BCUT2D eigenvalue weighted by atomic mass is 32.2. The number of rotatable bonds is 4. The first kappa shape index (κ1) is 14.8. The Morgan fingerprint density at radius 1 is 1.38 bits per heavy atom. The standard InChI is InChI=1S/C12H19N5O2S2/c1-13-10-11(17-7-8-20-12(17)14-10)21(18,19)15-9-3-5-16(2)6-4-9/h7-9,13,15H,3-6H2,1-2H3. The van der Waals surface area contributed by atoms with E-state index in [1.807, 2.05) is 5.38 Å². The molecule has 1 saturated heterocycles. The Balaban J connectivity index is 1.91. The molecule has 3 rings (SSSR count). The van der Waals surface area contributed by atoms with Crippen molar-refractivity contribution in [1.29, 1.82) is 0 Å². The third-order valence-electron chi connectivity index (χ3n) is 3.75. The van der Waals surface area contributed by atoms with Crippen LogP contribution in [0.5, 0.6) is 0 Å². The number of sulfonamides is 1. The summed E-state index contributed by atoms with van der Waals surface area (Å²) < 4.78 is 29.9. The molecule has 1 aliphatic rings. The number of nitrogens with zero attached hydrogens (tertiary/aromatic N) is 3. The SMILES string of the molecule is CNc1nc2sccn2c1S(=O)(=O)NC1CCN(C)CC1. The van der Waals surface area contributed by atoms with Crippen LogP contribution in [0.15, 0.2) is 16.6 Å². The van der Waals surface area contributed by atoms with Crippen molar-refractivity contribution < 1.29 is 8.42 Å². The molecule has 21 heavy (non-hydrogen) atoms. The van der Waals surface area contributed by atoms with Gasteiger partial charge in [0.25, 0.3) is 10.0 Å². The van der Waals surface area contributed by atoms with Crippen LogP contribution in [0.3, 0.4) is 0 Å². The van der Waals surface area contributed by atoms with E-state index in [1.54, 1.807) is 17.6 Å². The zero-order valence-electron chi connectivity index (χ0n) is 12.0. The molecular weight excluding hydrogens is 310 g/mol. The number of imidazole rings is 1. The van der Waals surface area contributed by atoms with Crippen LogP contribution in [-0.4, -0.2) is 55.9 Å². The van der Waals surface area contributed by atoms with Crippen molar-refractivity contribution in [2.24, 2.45) is 0 Å². The Hall–Kier alpha value is -1.16. The molecule has 0 unspecified atom stereocenters. The van der Waals surface area contributed by atoms with Crippen LogP contribution in [0, 0.1) is 0 Å². The fourth-order valence-corrected chi connectivity index (χ4v) is 4.95. The monoisotopic (exact) mass is 329 g/mol. The Bertz CT molecular complexity index is 728. The van der Waals surface area contributed by atoms with Gasteiger partial charge in [0.05, 0.1) is 0 Å². The predicted octanol–water partition coefficient (Wildman–Crippen LogP) is 0.810. The molecule has 1 fully saturated rings. The summed E-state index contributed by atoms with van der Waals surface area (Å²) in [6.45, 7) is 1.82. The third-order valence-corrected chi connectivity index (χ3v) is 6.05. The predicted molar refractivity (Wildman–Crippen MR) is 83.5 cm³/mol. The van der Waals surface area contributed by atoms with Crippen LogP contribution in [0.1, 0.15) is 12.8 Å². The Labute approximate surface area is 128 Å². The van der Waals surface area contributed by atoms with Gasteiger partial charge in [0.15, 0.2) is 15.8 Å². The van der Waals surface area contributed by atoms with Crippen LogP contribution < -0.4 is 10.0 Å². The number of anilines is 1. The van der Waals surface area contributed by atoms with Crippen LogP contribution in [0.2, 0.25) is 0 Å². The largest absolute Gasteiger partial charge is 0.371 e. The van der Waals surface area contributed by atoms with Crippen LogP contribution in [0.25, 0.3) is 4.96 Å². The van der Waals surface area contributed by atoms with Gasteiger partial charge >= 0.3 is 0 Å². The molecule has 0 aromatic carbocycles. The maximum atomic E-state index is 12.7. The van der Waals surface area contributed by atoms with Gasteiger partial charge in [-0.1, -0.05) is 0 Å².